The van der Waals surface area contributed by atoms with Crippen LogP contribution in [0.1, 0.15) is 0 Å². The number of alkyl halides is 3. The van der Waals surface area contributed by atoms with Crippen molar-refractivity contribution in [1.29, 1.82) is 0 Å². The molecule has 0 saturated heterocycles. The molecule has 1 nitrogen and oxygen atoms in total. The lowest BCUT2D eigenvalue weighted by atomic mass is 10.1. The number of benzene rings is 2. The molecule has 0 unspecified atom stereocenters. The molecule has 0 heterocycles. The summed E-state index contributed by atoms with van der Waals surface area (Å²) < 4.78 is 41.7. The highest BCUT2D eigenvalue weighted by Gasteiger charge is 2.32. The lowest BCUT2D eigenvalue weighted by Gasteiger charge is -2.14. The third-order valence-corrected chi connectivity index (χ3v) is 3.07. The van der Waals surface area contributed by atoms with E-state index in [-0.39, 0.29) is 5.75 Å². The summed E-state index contributed by atoms with van der Waals surface area (Å²) in [7, 11) is 0. The van der Waals surface area contributed by atoms with Crippen LogP contribution in [0.3, 0.4) is 0 Å². The van der Waals surface area contributed by atoms with Crippen LogP contribution in [0.15, 0.2) is 46.9 Å². The largest absolute Gasteiger partial charge is 0.573 e. The van der Waals surface area contributed by atoms with Crippen LogP contribution in [0.25, 0.3) is 11.1 Å². The number of hydrogen-bond donors (Lipinski definition) is 0. The fraction of sp³-hybridized carbons (Fsp3) is 0.0769. The fourth-order valence-corrected chi connectivity index (χ4v) is 2.04. The summed E-state index contributed by atoms with van der Waals surface area (Å²) in [6, 6.07) is 11.0. The van der Waals surface area contributed by atoms with Gasteiger partial charge < -0.3 is 4.74 Å². The van der Waals surface area contributed by atoms with Gasteiger partial charge in [0.15, 0.2) is 0 Å². The van der Waals surface area contributed by atoms with E-state index in [1.807, 2.05) is 0 Å². The zero-order valence-corrected chi connectivity index (χ0v) is 11.7. The van der Waals surface area contributed by atoms with E-state index in [1.165, 1.54) is 6.07 Å². The molecular weight excluding hydrogens is 344 g/mol. The second kappa shape index (κ2) is 5.43. The van der Waals surface area contributed by atoms with Crippen molar-refractivity contribution in [3.63, 3.8) is 0 Å². The van der Waals surface area contributed by atoms with Crippen molar-refractivity contribution in [2.45, 2.75) is 6.36 Å². The van der Waals surface area contributed by atoms with Crippen LogP contribution >= 0.6 is 27.5 Å². The minimum Gasteiger partial charge on any atom is -0.405 e. The minimum absolute atomic E-state index is 0.260. The van der Waals surface area contributed by atoms with E-state index in [2.05, 4.69) is 20.7 Å². The van der Waals surface area contributed by atoms with E-state index in [9.17, 15) is 13.2 Å². The molecule has 0 fully saturated rings. The lowest BCUT2D eigenvalue weighted by molar-refractivity contribution is -0.274. The van der Waals surface area contributed by atoms with E-state index >= 15 is 0 Å². The van der Waals surface area contributed by atoms with Crippen LogP contribution in [0, 0.1) is 0 Å². The molecule has 0 aliphatic carbocycles. The smallest absolute Gasteiger partial charge is 0.405 e. The van der Waals surface area contributed by atoms with Crippen LogP contribution in [0.5, 0.6) is 5.75 Å². The van der Waals surface area contributed by atoms with Crippen molar-refractivity contribution in [1.82, 2.24) is 0 Å². The lowest BCUT2D eigenvalue weighted by Crippen LogP contribution is -2.17. The molecule has 0 atom stereocenters. The molecule has 0 spiro atoms. The van der Waals surface area contributed by atoms with Gasteiger partial charge in [0.2, 0.25) is 0 Å². The molecular formula is C13H7BrClF3O. The van der Waals surface area contributed by atoms with Crippen LogP contribution in [0.2, 0.25) is 5.02 Å². The zero-order valence-electron chi connectivity index (χ0n) is 9.34. The maximum Gasteiger partial charge on any atom is 0.573 e. The SMILES string of the molecule is FC(F)(F)Oc1cc(Br)ccc1-c1ccc(Cl)cc1. The highest BCUT2D eigenvalue weighted by molar-refractivity contribution is 9.10. The van der Waals surface area contributed by atoms with Crippen LogP contribution < -0.4 is 4.74 Å². The van der Waals surface area contributed by atoms with Gasteiger partial charge in [-0.05, 0) is 35.9 Å². The quantitative estimate of drug-likeness (QED) is 0.677. The Morgan fingerprint density at radius 1 is 1.00 bits per heavy atom. The second-order valence-electron chi connectivity index (χ2n) is 3.70. The van der Waals surface area contributed by atoms with Gasteiger partial charge in [0.1, 0.15) is 5.75 Å². The van der Waals surface area contributed by atoms with E-state index < -0.39 is 6.36 Å². The van der Waals surface area contributed by atoms with E-state index in [0.717, 1.165) is 0 Å². The Morgan fingerprint density at radius 3 is 2.21 bits per heavy atom. The second-order valence-corrected chi connectivity index (χ2v) is 5.05. The first kappa shape index (κ1) is 14.2. The van der Waals surface area contributed by atoms with Gasteiger partial charge in [-0.3, -0.25) is 0 Å². The number of rotatable bonds is 2. The van der Waals surface area contributed by atoms with Crippen LogP contribution in [0.4, 0.5) is 13.2 Å². The predicted octanol–water partition coefficient (Wildman–Crippen LogP) is 5.67. The summed E-state index contributed by atoms with van der Waals surface area (Å²) >= 11 is 8.87. The molecule has 0 N–H and O–H groups in total. The van der Waals surface area contributed by atoms with Crippen LogP contribution in [-0.2, 0) is 0 Å². The van der Waals surface area contributed by atoms with E-state index in [0.29, 0.717) is 20.6 Å². The van der Waals surface area contributed by atoms with Gasteiger partial charge >= 0.3 is 6.36 Å². The van der Waals surface area contributed by atoms with Gasteiger partial charge in [0.25, 0.3) is 0 Å². The normalized spacial score (nSPS) is 11.4. The highest BCUT2D eigenvalue weighted by Crippen LogP contribution is 2.36. The van der Waals surface area contributed by atoms with Gasteiger partial charge in [-0.15, -0.1) is 13.2 Å². The molecule has 2 aromatic carbocycles. The van der Waals surface area contributed by atoms with E-state index in [1.54, 1.807) is 36.4 Å². The Hall–Kier alpha value is -1.20. The highest BCUT2D eigenvalue weighted by atomic mass is 79.9. The molecule has 0 radical (unpaired) electrons. The summed E-state index contributed by atoms with van der Waals surface area (Å²) in [6.45, 7) is 0. The van der Waals surface area contributed by atoms with Gasteiger partial charge in [0, 0.05) is 15.1 Å². The van der Waals surface area contributed by atoms with Crippen molar-refractivity contribution in [3.05, 3.63) is 52.0 Å². The first-order chi connectivity index (χ1) is 8.85. The van der Waals surface area contributed by atoms with E-state index in [4.69, 9.17) is 11.6 Å². The Bertz CT molecular complexity index is 581. The van der Waals surface area contributed by atoms with Crippen molar-refractivity contribution in [2.75, 3.05) is 0 Å². The number of ether oxygens (including phenoxy) is 1. The third kappa shape index (κ3) is 3.88. The van der Waals surface area contributed by atoms with Crippen molar-refractivity contribution in [3.8, 4) is 16.9 Å². The topological polar surface area (TPSA) is 9.23 Å². The maximum absolute atomic E-state index is 12.4. The average molecular weight is 352 g/mol. The molecule has 6 heteroatoms. The zero-order chi connectivity index (χ0) is 14.0. The maximum atomic E-state index is 12.4. The summed E-state index contributed by atoms with van der Waals surface area (Å²) in [4.78, 5) is 0. The summed E-state index contributed by atoms with van der Waals surface area (Å²) in [5, 5.41) is 0.513. The molecule has 0 saturated carbocycles. The van der Waals surface area contributed by atoms with Gasteiger partial charge in [0.05, 0.1) is 0 Å². The first-order valence-corrected chi connectivity index (χ1v) is 6.33. The van der Waals surface area contributed by atoms with Gasteiger partial charge in [-0.25, -0.2) is 0 Å². The molecule has 2 rings (SSSR count). The van der Waals surface area contributed by atoms with Crippen molar-refractivity contribution >= 4 is 27.5 Å². The molecule has 19 heavy (non-hydrogen) atoms. The third-order valence-electron chi connectivity index (χ3n) is 2.32. The summed E-state index contributed by atoms with van der Waals surface area (Å²) in [6.07, 6.45) is -4.73. The predicted molar refractivity (Wildman–Crippen MR) is 71.3 cm³/mol. The van der Waals surface area contributed by atoms with Crippen molar-refractivity contribution in [2.24, 2.45) is 0 Å². The Morgan fingerprint density at radius 2 is 1.63 bits per heavy atom. The number of hydrogen-bond acceptors (Lipinski definition) is 1. The summed E-state index contributed by atoms with van der Waals surface area (Å²) in [5.41, 5.74) is 0.938. The Labute approximate surface area is 121 Å². The molecule has 0 amide bonds. The van der Waals surface area contributed by atoms with Crippen molar-refractivity contribution < 1.29 is 17.9 Å². The standard InChI is InChI=1S/C13H7BrClF3O/c14-9-3-6-11(8-1-4-10(15)5-2-8)12(7-9)19-13(16,17)18/h1-7H. The molecule has 0 bridgehead atoms. The minimum atomic E-state index is -4.73. The molecule has 0 aliphatic rings. The molecule has 100 valence electrons. The van der Waals surface area contributed by atoms with Crippen LogP contribution in [-0.4, -0.2) is 6.36 Å². The first-order valence-electron chi connectivity index (χ1n) is 5.16. The van der Waals surface area contributed by atoms with Gasteiger partial charge in [-0.2, -0.15) is 0 Å². The Balaban J connectivity index is 2.47. The number of halogens is 5. The fourth-order valence-electron chi connectivity index (χ4n) is 1.57. The molecule has 0 aromatic heterocycles. The molecule has 2 aromatic rings. The van der Waals surface area contributed by atoms with Gasteiger partial charge in [-0.1, -0.05) is 39.7 Å². The Kier molecular flexibility index (Phi) is 4.06. The average Bonchev–Trinajstić information content (AvgIpc) is 2.29. The monoisotopic (exact) mass is 350 g/mol. The molecule has 0 aliphatic heterocycles. The summed E-state index contributed by atoms with van der Waals surface area (Å²) in [5.74, 6) is -0.260.